The Morgan fingerprint density at radius 2 is 1.67 bits per heavy atom. The summed E-state index contributed by atoms with van der Waals surface area (Å²) in [6.45, 7) is 7.87. The molecule has 0 aromatic heterocycles. The van der Waals surface area contributed by atoms with Gasteiger partial charge in [0.2, 0.25) is 0 Å². The summed E-state index contributed by atoms with van der Waals surface area (Å²) in [5.74, 6) is -0.917. The third kappa shape index (κ3) is 4.61. The molecule has 1 atom stereocenters. The number of hydrogen-bond acceptors (Lipinski definition) is 4. The van der Waals surface area contributed by atoms with Crippen molar-refractivity contribution in [1.82, 2.24) is 0 Å². The van der Waals surface area contributed by atoms with E-state index in [4.69, 9.17) is 9.29 Å². The second kappa shape index (κ2) is 4.49. The Bertz CT molecular complexity index is 323. The molecular formula is C9H18O5S. The summed E-state index contributed by atoms with van der Waals surface area (Å²) in [5, 5.41) is -1.55. The maximum absolute atomic E-state index is 11.5. The van der Waals surface area contributed by atoms with Crippen molar-refractivity contribution in [3.63, 3.8) is 0 Å². The van der Waals surface area contributed by atoms with Crippen LogP contribution in [0, 0.1) is 5.41 Å². The lowest BCUT2D eigenvalue weighted by Gasteiger charge is -2.26. The molecule has 0 bridgehead atoms. The van der Waals surface area contributed by atoms with E-state index in [-0.39, 0.29) is 0 Å². The van der Waals surface area contributed by atoms with Crippen LogP contribution >= 0.6 is 0 Å². The number of esters is 1. The highest BCUT2D eigenvalue weighted by molar-refractivity contribution is 7.87. The van der Waals surface area contributed by atoms with Gasteiger partial charge in [-0.05, 0) is 19.3 Å². The summed E-state index contributed by atoms with van der Waals surface area (Å²) in [5.41, 5.74) is -0.903. The average molecular weight is 238 g/mol. The summed E-state index contributed by atoms with van der Waals surface area (Å²) in [4.78, 5) is 11.5. The first-order valence-corrected chi connectivity index (χ1v) is 6.13. The Hall–Kier alpha value is -0.620. The zero-order valence-corrected chi connectivity index (χ0v) is 10.5. The van der Waals surface area contributed by atoms with Crippen LogP contribution in [0.5, 0.6) is 0 Å². The second-order valence-corrected chi connectivity index (χ2v) is 6.25. The zero-order valence-electron chi connectivity index (χ0n) is 9.64. The van der Waals surface area contributed by atoms with Gasteiger partial charge >= 0.3 is 5.97 Å². The Labute approximate surface area is 90.6 Å². The minimum absolute atomic E-state index is 0.413. The molecule has 6 heteroatoms. The summed E-state index contributed by atoms with van der Waals surface area (Å²) in [6.07, 6.45) is -0.413. The Balaban J connectivity index is 5.08. The van der Waals surface area contributed by atoms with Crippen LogP contribution in [0.2, 0.25) is 0 Å². The molecule has 0 amide bonds. The predicted molar refractivity (Wildman–Crippen MR) is 56.0 cm³/mol. The first-order valence-electron chi connectivity index (χ1n) is 4.63. The molecule has 0 saturated carbocycles. The fourth-order valence-corrected chi connectivity index (χ4v) is 2.41. The molecule has 0 heterocycles. The molecule has 0 aliphatic carbocycles. The fourth-order valence-electron chi connectivity index (χ4n) is 1.22. The number of carbonyl (C=O) groups excluding carboxylic acids is 1. The van der Waals surface area contributed by atoms with Crippen molar-refractivity contribution in [3.8, 4) is 0 Å². The normalized spacial score (nSPS) is 15.1. The highest BCUT2D eigenvalue weighted by Gasteiger charge is 2.43. The molecular weight excluding hydrogens is 220 g/mol. The summed E-state index contributed by atoms with van der Waals surface area (Å²) in [6, 6.07) is 0. The standard InChI is InChI=1S/C9H18O5S/c1-6(2)14-8(10)7(9(3,4)5)15(11,12)13/h6-7H,1-5H3,(H,11,12,13). The van der Waals surface area contributed by atoms with Gasteiger partial charge in [-0.1, -0.05) is 20.8 Å². The molecule has 0 aliphatic rings. The van der Waals surface area contributed by atoms with Crippen LogP contribution in [0.25, 0.3) is 0 Å². The minimum atomic E-state index is -4.44. The monoisotopic (exact) mass is 238 g/mol. The minimum Gasteiger partial charge on any atom is -0.462 e. The van der Waals surface area contributed by atoms with Crippen molar-refractivity contribution in [2.75, 3.05) is 0 Å². The van der Waals surface area contributed by atoms with E-state index >= 15 is 0 Å². The second-order valence-electron chi connectivity index (χ2n) is 4.75. The Morgan fingerprint density at radius 1 is 1.27 bits per heavy atom. The molecule has 0 rings (SSSR count). The summed E-state index contributed by atoms with van der Waals surface area (Å²) < 4.78 is 35.9. The van der Waals surface area contributed by atoms with Crippen LogP contribution in [-0.4, -0.2) is 30.3 Å². The van der Waals surface area contributed by atoms with Crippen molar-refractivity contribution in [1.29, 1.82) is 0 Å². The van der Waals surface area contributed by atoms with Gasteiger partial charge < -0.3 is 4.74 Å². The lowest BCUT2D eigenvalue weighted by molar-refractivity contribution is -0.149. The third-order valence-electron chi connectivity index (χ3n) is 1.65. The first-order chi connectivity index (χ1) is 6.46. The molecule has 0 aliphatic heterocycles. The van der Waals surface area contributed by atoms with Crippen LogP contribution < -0.4 is 0 Å². The molecule has 15 heavy (non-hydrogen) atoms. The van der Waals surface area contributed by atoms with Crippen LogP contribution in [0.1, 0.15) is 34.6 Å². The van der Waals surface area contributed by atoms with Gasteiger partial charge in [0.1, 0.15) is 0 Å². The van der Waals surface area contributed by atoms with Crippen molar-refractivity contribution >= 4 is 16.1 Å². The molecule has 0 aromatic carbocycles. The van der Waals surface area contributed by atoms with Crippen LogP contribution in [0.3, 0.4) is 0 Å². The van der Waals surface area contributed by atoms with Gasteiger partial charge in [0.05, 0.1) is 6.10 Å². The largest absolute Gasteiger partial charge is 0.462 e. The molecule has 0 aromatic rings. The zero-order chi connectivity index (χ0) is 12.4. The van der Waals surface area contributed by atoms with Gasteiger partial charge in [0.15, 0.2) is 5.25 Å². The average Bonchev–Trinajstić information content (AvgIpc) is 1.74. The van der Waals surface area contributed by atoms with E-state index in [1.54, 1.807) is 34.6 Å². The summed E-state index contributed by atoms with van der Waals surface area (Å²) >= 11 is 0. The lowest BCUT2D eigenvalue weighted by Crippen LogP contribution is -2.43. The molecule has 0 spiro atoms. The predicted octanol–water partition coefficient (Wildman–Crippen LogP) is 1.24. The number of carbonyl (C=O) groups is 1. The van der Waals surface area contributed by atoms with Crippen LogP contribution in [-0.2, 0) is 19.6 Å². The number of hydrogen-bond donors (Lipinski definition) is 1. The highest BCUT2D eigenvalue weighted by atomic mass is 32.2. The molecule has 90 valence electrons. The third-order valence-corrected chi connectivity index (χ3v) is 3.15. The topological polar surface area (TPSA) is 80.7 Å². The molecule has 0 fully saturated rings. The molecule has 5 nitrogen and oxygen atoms in total. The smallest absolute Gasteiger partial charge is 0.327 e. The van der Waals surface area contributed by atoms with E-state index in [1.807, 2.05) is 0 Å². The maximum Gasteiger partial charge on any atom is 0.327 e. The van der Waals surface area contributed by atoms with E-state index in [1.165, 1.54) is 0 Å². The Morgan fingerprint density at radius 3 is 1.87 bits per heavy atom. The van der Waals surface area contributed by atoms with Gasteiger partial charge in [-0.2, -0.15) is 8.42 Å². The highest BCUT2D eigenvalue weighted by Crippen LogP contribution is 2.26. The van der Waals surface area contributed by atoms with E-state index in [0.717, 1.165) is 0 Å². The van der Waals surface area contributed by atoms with Crippen molar-refractivity contribution in [2.45, 2.75) is 46.0 Å². The fraction of sp³-hybridized carbons (Fsp3) is 0.889. The SMILES string of the molecule is CC(C)OC(=O)C(C(C)(C)C)S(=O)(=O)O. The van der Waals surface area contributed by atoms with Crippen LogP contribution in [0.4, 0.5) is 0 Å². The van der Waals surface area contributed by atoms with Gasteiger partial charge in [-0.15, -0.1) is 0 Å². The van der Waals surface area contributed by atoms with Gasteiger partial charge in [0, 0.05) is 0 Å². The molecule has 1 unspecified atom stereocenters. The van der Waals surface area contributed by atoms with Gasteiger partial charge in [0.25, 0.3) is 10.1 Å². The molecule has 0 saturated heterocycles. The number of rotatable bonds is 3. The molecule has 0 radical (unpaired) electrons. The quantitative estimate of drug-likeness (QED) is 0.591. The van der Waals surface area contributed by atoms with Gasteiger partial charge in [-0.3, -0.25) is 9.35 Å². The molecule has 1 N–H and O–H groups in total. The maximum atomic E-state index is 11.5. The van der Waals surface area contributed by atoms with E-state index in [9.17, 15) is 13.2 Å². The first kappa shape index (κ1) is 14.4. The summed E-state index contributed by atoms with van der Waals surface area (Å²) in [7, 11) is -4.44. The van der Waals surface area contributed by atoms with Crippen molar-refractivity contribution < 1.29 is 22.5 Å². The van der Waals surface area contributed by atoms with Crippen molar-refractivity contribution in [2.24, 2.45) is 5.41 Å². The Kier molecular flexibility index (Phi) is 4.30. The number of ether oxygens (including phenoxy) is 1. The van der Waals surface area contributed by atoms with E-state index < -0.39 is 32.9 Å². The van der Waals surface area contributed by atoms with E-state index in [2.05, 4.69) is 0 Å². The van der Waals surface area contributed by atoms with Crippen LogP contribution in [0.15, 0.2) is 0 Å². The van der Waals surface area contributed by atoms with E-state index in [0.29, 0.717) is 0 Å². The van der Waals surface area contributed by atoms with Crippen molar-refractivity contribution in [3.05, 3.63) is 0 Å². The van der Waals surface area contributed by atoms with Gasteiger partial charge in [-0.25, -0.2) is 0 Å². The lowest BCUT2D eigenvalue weighted by atomic mass is 9.92.